The van der Waals surface area contributed by atoms with Crippen molar-refractivity contribution in [2.45, 2.75) is 13.5 Å². The predicted octanol–water partition coefficient (Wildman–Crippen LogP) is 1.69. The minimum Gasteiger partial charge on any atom is -0.335 e. The molecule has 0 spiro atoms. The summed E-state index contributed by atoms with van der Waals surface area (Å²) in [6.07, 6.45) is 1.67. The van der Waals surface area contributed by atoms with E-state index in [9.17, 15) is 4.79 Å². The van der Waals surface area contributed by atoms with Gasteiger partial charge in [-0.25, -0.2) is 0 Å². The molecule has 0 bridgehead atoms. The minimum absolute atomic E-state index is 0.0789. The third-order valence-corrected chi connectivity index (χ3v) is 4.19. The second kappa shape index (κ2) is 6.32. The topological polar surface area (TPSA) is 41.4 Å². The van der Waals surface area contributed by atoms with Crippen molar-refractivity contribution in [1.29, 1.82) is 0 Å². The molecule has 2 aromatic rings. The van der Waals surface area contributed by atoms with Gasteiger partial charge in [-0.05, 0) is 18.6 Å². The summed E-state index contributed by atoms with van der Waals surface area (Å²) in [5.41, 5.74) is 3.29. The van der Waals surface area contributed by atoms with Gasteiger partial charge in [0.25, 0.3) is 5.91 Å². The molecule has 5 heteroatoms. The zero-order valence-corrected chi connectivity index (χ0v) is 13.2. The Kier molecular flexibility index (Phi) is 4.24. The predicted molar refractivity (Wildman–Crippen MR) is 85.6 cm³/mol. The van der Waals surface area contributed by atoms with Crippen molar-refractivity contribution in [3.8, 4) is 0 Å². The summed E-state index contributed by atoms with van der Waals surface area (Å²) in [6.45, 7) is 6.45. The molecule has 1 amide bonds. The fourth-order valence-corrected chi connectivity index (χ4v) is 2.92. The molecule has 22 heavy (non-hydrogen) atoms. The van der Waals surface area contributed by atoms with Crippen LogP contribution in [0.4, 0.5) is 0 Å². The van der Waals surface area contributed by atoms with Crippen molar-refractivity contribution in [1.82, 2.24) is 19.6 Å². The van der Waals surface area contributed by atoms with Crippen LogP contribution in [0.25, 0.3) is 0 Å². The lowest BCUT2D eigenvalue weighted by Crippen LogP contribution is -2.48. The molecule has 116 valence electrons. The summed E-state index contributed by atoms with van der Waals surface area (Å²) in [4.78, 5) is 16.8. The van der Waals surface area contributed by atoms with Crippen molar-refractivity contribution >= 4 is 5.91 Å². The van der Waals surface area contributed by atoms with Crippen molar-refractivity contribution in [3.05, 3.63) is 53.3 Å². The molecule has 1 aromatic heterocycles. The van der Waals surface area contributed by atoms with Crippen molar-refractivity contribution in [2.75, 3.05) is 26.2 Å². The van der Waals surface area contributed by atoms with Crippen LogP contribution in [0.1, 0.15) is 21.6 Å². The maximum atomic E-state index is 12.4. The quantitative estimate of drug-likeness (QED) is 0.866. The Morgan fingerprint density at radius 2 is 1.95 bits per heavy atom. The molecule has 0 atom stereocenters. The molecule has 3 rings (SSSR count). The first kappa shape index (κ1) is 14.8. The highest BCUT2D eigenvalue weighted by molar-refractivity contribution is 5.92. The van der Waals surface area contributed by atoms with Crippen molar-refractivity contribution < 1.29 is 4.79 Å². The van der Waals surface area contributed by atoms with Gasteiger partial charge in [-0.1, -0.05) is 29.8 Å². The molecule has 1 aromatic carbocycles. The van der Waals surface area contributed by atoms with E-state index >= 15 is 0 Å². The summed E-state index contributed by atoms with van der Waals surface area (Å²) in [5.74, 6) is 0.0789. The standard InChI is InChI=1S/C17H22N4O/c1-14-4-3-5-15(12-14)13-20-8-10-21(11-9-20)17(22)16-6-7-18-19(16)2/h3-7,12H,8-11,13H2,1-2H3. The molecule has 0 radical (unpaired) electrons. The molecule has 1 fully saturated rings. The zero-order chi connectivity index (χ0) is 15.5. The van der Waals surface area contributed by atoms with Crippen molar-refractivity contribution in [2.24, 2.45) is 7.05 Å². The number of aromatic nitrogens is 2. The number of rotatable bonds is 3. The Morgan fingerprint density at radius 3 is 2.59 bits per heavy atom. The van der Waals surface area contributed by atoms with Gasteiger partial charge in [-0.15, -0.1) is 0 Å². The van der Waals surface area contributed by atoms with Gasteiger partial charge in [-0.2, -0.15) is 5.10 Å². The lowest BCUT2D eigenvalue weighted by atomic mass is 10.1. The minimum atomic E-state index is 0.0789. The fourth-order valence-electron chi connectivity index (χ4n) is 2.92. The van der Waals surface area contributed by atoms with Gasteiger partial charge in [0.05, 0.1) is 0 Å². The highest BCUT2D eigenvalue weighted by atomic mass is 16.2. The smallest absolute Gasteiger partial charge is 0.272 e. The number of hydrogen-bond acceptors (Lipinski definition) is 3. The normalized spacial score (nSPS) is 16.0. The Bertz CT molecular complexity index is 656. The number of carbonyl (C=O) groups is 1. The number of nitrogens with zero attached hydrogens (tertiary/aromatic N) is 4. The molecule has 0 saturated carbocycles. The van der Waals surface area contributed by atoms with E-state index in [1.807, 2.05) is 4.90 Å². The number of aryl methyl sites for hydroxylation is 2. The van der Waals surface area contributed by atoms with E-state index in [0.717, 1.165) is 32.7 Å². The van der Waals surface area contributed by atoms with Crippen molar-refractivity contribution in [3.63, 3.8) is 0 Å². The number of amides is 1. The maximum absolute atomic E-state index is 12.4. The molecule has 0 N–H and O–H groups in total. The number of carbonyl (C=O) groups excluding carboxylic acids is 1. The van der Waals surface area contributed by atoms with E-state index in [1.165, 1.54) is 11.1 Å². The Labute approximate surface area is 131 Å². The van der Waals surface area contributed by atoms with Crippen LogP contribution in [-0.4, -0.2) is 51.7 Å². The van der Waals surface area contributed by atoms with Crippen LogP contribution in [-0.2, 0) is 13.6 Å². The average Bonchev–Trinajstić information content (AvgIpc) is 2.93. The SMILES string of the molecule is Cc1cccc(CN2CCN(C(=O)c3ccnn3C)CC2)c1. The van der Waals surface area contributed by atoms with Gasteiger partial charge in [0, 0.05) is 46.0 Å². The highest BCUT2D eigenvalue weighted by Crippen LogP contribution is 2.12. The molecule has 1 aliphatic heterocycles. The second-order valence-electron chi connectivity index (χ2n) is 5.90. The van der Waals surface area contributed by atoms with E-state index in [4.69, 9.17) is 0 Å². The van der Waals surface area contributed by atoms with E-state index in [-0.39, 0.29) is 5.91 Å². The fraction of sp³-hybridized carbons (Fsp3) is 0.412. The first-order valence-corrected chi connectivity index (χ1v) is 7.68. The summed E-state index contributed by atoms with van der Waals surface area (Å²) in [6, 6.07) is 10.4. The van der Waals surface area contributed by atoms with Gasteiger partial charge < -0.3 is 4.90 Å². The van der Waals surface area contributed by atoms with Crippen LogP contribution in [0.15, 0.2) is 36.5 Å². The van der Waals surface area contributed by atoms with Gasteiger partial charge >= 0.3 is 0 Å². The Balaban J connectivity index is 1.56. The highest BCUT2D eigenvalue weighted by Gasteiger charge is 2.23. The lowest BCUT2D eigenvalue weighted by Gasteiger charge is -2.34. The van der Waals surface area contributed by atoms with Gasteiger partial charge in [0.1, 0.15) is 5.69 Å². The molecule has 2 heterocycles. The van der Waals surface area contributed by atoms with Gasteiger partial charge in [-0.3, -0.25) is 14.4 Å². The summed E-state index contributed by atoms with van der Waals surface area (Å²) < 4.78 is 1.64. The van der Waals surface area contributed by atoms with Crippen LogP contribution < -0.4 is 0 Å². The molecular weight excluding hydrogens is 276 g/mol. The second-order valence-corrected chi connectivity index (χ2v) is 5.90. The van der Waals surface area contributed by atoms with Crippen LogP contribution in [0.3, 0.4) is 0 Å². The Morgan fingerprint density at radius 1 is 1.18 bits per heavy atom. The first-order chi connectivity index (χ1) is 10.6. The maximum Gasteiger partial charge on any atom is 0.272 e. The summed E-state index contributed by atoms with van der Waals surface area (Å²) >= 11 is 0. The monoisotopic (exact) mass is 298 g/mol. The zero-order valence-electron chi connectivity index (χ0n) is 13.2. The van der Waals surface area contributed by atoms with Crippen LogP contribution >= 0.6 is 0 Å². The van der Waals surface area contributed by atoms with Gasteiger partial charge in [0.2, 0.25) is 0 Å². The Hall–Kier alpha value is -2.14. The first-order valence-electron chi connectivity index (χ1n) is 7.68. The third kappa shape index (κ3) is 3.20. The summed E-state index contributed by atoms with van der Waals surface area (Å²) in [5, 5.41) is 4.07. The van der Waals surface area contributed by atoms with Crippen LogP contribution in [0.2, 0.25) is 0 Å². The number of benzene rings is 1. The molecule has 1 saturated heterocycles. The van der Waals surface area contributed by atoms with E-state index < -0.39 is 0 Å². The number of piperazine rings is 1. The number of hydrogen-bond donors (Lipinski definition) is 0. The molecule has 5 nitrogen and oxygen atoms in total. The van der Waals surface area contributed by atoms with Crippen LogP contribution in [0.5, 0.6) is 0 Å². The molecule has 0 unspecified atom stereocenters. The molecule has 0 aliphatic carbocycles. The van der Waals surface area contributed by atoms with E-state index in [0.29, 0.717) is 5.69 Å². The van der Waals surface area contributed by atoms with Crippen LogP contribution in [0, 0.1) is 6.92 Å². The third-order valence-electron chi connectivity index (χ3n) is 4.19. The largest absolute Gasteiger partial charge is 0.335 e. The summed E-state index contributed by atoms with van der Waals surface area (Å²) in [7, 11) is 1.81. The molecular formula is C17H22N4O. The molecule has 1 aliphatic rings. The van der Waals surface area contributed by atoms with Gasteiger partial charge in [0.15, 0.2) is 0 Å². The van der Waals surface area contributed by atoms with E-state index in [2.05, 4.69) is 41.2 Å². The average molecular weight is 298 g/mol. The van der Waals surface area contributed by atoms with E-state index in [1.54, 1.807) is 24.0 Å². The lowest BCUT2D eigenvalue weighted by molar-refractivity contribution is 0.0618.